The first-order valence-electron chi connectivity index (χ1n) is 9.63. The molecule has 9 heteroatoms. The molecule has 7 nitrogen and oxygen atoms in total. The number of carbonyl (C=O) groups is 2. The predicted octanol–water partition coefficient (Wildman–Crippen LogP) is 4.02. The van der Waals surface area contributed by atoms with Gasteiger partial charge in [-0.3, -0.25) is 20.4 Å². The maximum Gasteiger partial charge on any atom is 0.279 e. The molecule has 31 heavy (non-hydrogen) atoms. The van der Waals surface area contributed by atoms with Crippen LogP contribution in [0.4, 0.5) is 4.39 Å². The molecule has 0 aliphatic heterocycles. The first-order chi connectivity index (χ1) is 14.8. The molecule has 3 rings (SSSR count). The molecular formula is C22H22ClFN4O3. The SMILES string of the molecule is CC(Oc1ccccc1F)C(=O)NNC(=O)c1cnn(-c2cccc(Cl)c2)c1C(C)C. The van der Waals surface area contributed by atoms with Crippen molar-refractivity contribution in [1.82, 2.24) is 20.6 Å². The summed E-state index contributed by atoms with van der Waals surface area (Å²) in [4.78, 5) is 25.0. The van der Waals surface area contributed by atoms with Gasteiger partial charge >= 0.3 is 0 Å². The molecule has 1 atom stereocenters. The Morgan fingerprint density at radius 2 is 1.84 bits per heavy atom. The fourth-order valence-electron chi connectivity index (χ4n) is 2.97. The number of rotatable bonds is 6. The van der Waals surface area contributed by atoms with Crippen LogP contribution >= 0.6 is 11.6 Å². The lowest BCUT2D eigenvalue weighted by atomic mass is 10.1. The number of hydrazine groups is 1. The topological polar surface area (TPSA) is 85.2 Å². The van der Waals surface area contributed by atoms with Gasteiger partial charge in [-0.25, -0.2) is 9.07 Å². The lowest BCUT2D eigenvalue weighted by Crippen LogP contribution is -2.47. The Kier molecular flexibility index (Phi) is 6.91. The van der Waals surface area contributed by atoms with E-state index in [1.54, 1.807) is 28.9 Å². The molecule has 3 aromatic rings. The highest BCUT2D eigenvalue weighted by molar-refractivity contribution is 6.30. The fraction of sp³-hybridized carbons (Fsp3) is 0.227. The van der Waals surface area contributed by atoms with E-state index in [0.717, 1.165) is 0 Å². The van der Waals surface area contributed by atoms with E-state index in [-0.39, 0.29) is 11.7 Å². The number of para-hydroxylation sites is 1. The Labute approximate surface area is 184 Å². The molecule has 2 aromatic carbocycles. The van der Waals surface area contributed by atoms with Crippen LogP contribution in [0.3, 0.4) is 0 Å². The lowest BCUT2D eigenvalue weighted by molar-refractivity contribution is -0.128. The quantitative estimate of drug-likeness (QED) is 0.562. The average molecular weight is 445 g/mol. The first kappa shape index (κ1) is 22.3. The van der Waals surface area contributed by atoms with Gasteiger partial charge in [0.25, 0.3) is 11.8 Å². The molecule has 2 N–H and O–H groups in total. The molecule has 1 aromatic heterocycles. The summed E-state index contributed by atoms with van der Waals surface area (Å²) in [5.74, 6) is -1.85. The van der Waals surface area contributed by atoms with Gasteiger partial charge in [0, 0.05) is 5.02 Å². The summed E-state index contributed by atoms with van der Waals surface area (Å²) in [6.07, 6.45) is 0.396. The third-order valence-corrected chi connectivity index (χ3v) is 4.69. The molecule has 0 saturated carbocycles. The lowest BCUT2D eigenvalue weighted by Gasteiger charge is -2.16. The van der Waals surface area contributed by atoms with Crippen LogP contribution in [0.15, 0.2) is 54.7 Å². The Morgan fingerprint density at radius 1 is 1.10 bits per heavy atom. The van der Waals surface area contributed by atoms with Crippen molar-refractivity contribution < 1.29 is 18.7 Å². The number of hydrogen-bond donors (Lipinski definition) is 2. The zero-order valence-corrected chi connectivity index (χ0v) is 18.0. The molecule has 0 spiro atoms. The van der Waals surface area contributed by atoms with Crippen molar-refractivity contribution in [2.75, 3.05) is 0 Å². The molecular weight excluding hydrogens is 423 g/mol. The third-order valence-electron chi connectivity index (χ3n) is 4.46. The normalized spacial score (nSPS) is 11.8. The predicted molar refractivity (Wildman–Crippen MR) is 115 cm³/mol. The maximum absolute atomic E-state index is 13.7. The number of amides is 2. The van der Waals surface area contributed by atoms with Gasteiger partial charge in [0.1, 0.15) is 0 Å². The molecule has 0 radical (unpaired) electrons. The second-order valence-corrected chi connectivity index (χ2v) is 7.56. The highest BCUT2D eigenvalue weighted by Crippen LogP contribution is 2.24. The van der Waals surface area contributed by atoms with E-state index >= 15 is 0 Å². The monoisotopic (exact) mass is 444 g/mol. The standard InChI is InChI=1S/C22H22ClFN4O3/c1-13(2)20-17(12-25-28(20)16-8-6-7-15(23)11-16)22(30)27-26-21(29)14(3)31-19-10-5-4-9-18(19)24/h4-14H,1-3H3,(H,26,29)(H,27,30). The van der Waals surface area contributed by atoms with Crippen LogP contribution in [-0.4, -0.2) is 27.7 Å². The Balaban J connectivity index is 1.70. The Bertz CT molecular complexity index is 1100. The highest BCUT2D eigenvalue weighted by Gasteiger charge is 2.23. The third kappa shape index (κ3) is 5.21. The van der Waals surface area contributed by atoms with E-state index in [9.17, 15) is 14.0 Å². The zero-order chi connectivity index (χ0) is 22.5. The second-order valence-electron chi connectivity index (χ2n) is 7.12. The molecule has 162 valence electrons. The van der Waals surface area contributed by atoms with E-state index in [2.05, 4.69) is 16.0 Å². The van der Waals surface area contributed by atoms with Crippen molar-refractivity contribution in [3.63, 3.8) is 0 Å². The van der Waals surface area contributed by atoms with Crippen LogP contribution in [0.5, 0.6) is 5.75 Å². The molecule has 0 aliphatic carbocycles. The summed E-state index contributed by atoms with van der Waals surface area (Å²) in [5.41, 5.74) is 6.34. The van der Waals surface area contributed by atoms with E-state index < -0.39 is 23.7 Å². The largest absolute Gasteiger partial charge is 0.478 e. The molecule has 1 unspecified atom stereocenters. The number of hydrogen-bond acceptors (Lipinski definition) is 4. The summed E-state index contributed by atoms with van der Waals surface area (Å²) >= 11 is 6.07. The molecule has 1 heterocycles. The van der Waals surface area contributed by atoms with Crippen LogP contribution in [-0.2, 0) is 4.79 Å². The molecule has 0 aliphatic rings. The number of benzene rings is 2. The minimum absolute atomic E-state index is 0.0405. The van der Waals surface area contributed by atoms with E-state index in [1.165, 1.54) is 31.3 Å². The maximum atomic E-state index is 13.7. The Morgan fingerprint density at radius 3 is 2.52 bits per heavy atom. The number of carbonyl (C=O) groups excluding carboxylic acids is 2. The Hall–Kier alpha value is -3.39. The number of halogens is 2. The highest BCUT2D eigenvalue weighted by atomic mass is 35.5. The van der Waals surface area contributed by atoms with Crippen LogP contribution in [0, 0.1) is 5.82 Å². The van der Waals surface area contributed by atoms with E-state index in [4.69, 9.17) is 16.3 Å². The summed E-state index contributed by atoms with van der Waals surface area (Å²) in [5, 5.41) is 4.86. The minimum Gasteiger partial charge on any atom is -0.478 e. The average Bonchev–Trinajstić information content (AvgIpc) is 3.19. The van der Waals surface area contributed by atoms with Crippen LogP contribution < -0.4 is 15.6 Å². The van der Waals surface area contributed by atoms with Crippen LogP contribution in [0.2, 0.25) is 5.02 Å². The van der Waals surface area contributed by atoms with Crippen LogP contribution in [0.1, 0.15) is 42.7 Å². The summed E-state index contributed by atoms with van der Waals surface area (Å²) in [7, 11) is 0. The summed E-state index contributed by atoms with van der Waals surface area (Å²) in [6.45, 7) is 5.31. The van der Waals surface area contributed by atoms with Crippen LogP contribution in [0.25, 0.3) is 5.69 Å². The van der Waals surface area contributed by atoms with E-state index in [1.807, 2.05) is 19.9 Å². The first-order valence-corrected chi connectivity index (χ1v) is 10.0. The van der Waals surface area contributed by atoms with Crippen molar-refractivity contribution in [1.29, 1.82) is 0 Å². The summed E-state index contributed by atoms with van der Waals surface area (Å²) < 4.78 is 20.6. The van der Waals surface area contributed by atoms with Gasteiger partial charge in [-0.15, -0.1) is 0 Å². The van der Waals surface area contributed by atoms with Crippen molar-refractivity contribution in [3.8, 4) is 11.4 Å². The number of nitrogens with zero attached hydrogens (tertiary/aromatic N) is 2. The minimum atomic E-state index is -1.03. The summed E-state index contributed by atoms with van der Waals surface area (Å²) in [6, 6.07) is 12.9. The van der Waals surface area contributed by atoms with Crippen molar-refractivity contribution in [2.24, 2.45) is 0 Å². The fourth-order valence-corrected chi connectivity index (χ4v) is 3.16. The van der Waals surface area contributed by atoms with Crippen molar-refractivity contribution >= 4 is 23.4 Å². The number of ether oxygens (including phenoxy) is 1. The van der Waals surface area contributed by atoms with Crippen molar-refractivity contribution in [3.05, 3.63) is 76.8 Å². The van der Waals surface area contributed by atoms with Gasteiger partial charge in [0.2, 0.25) is 0 Å². The molecule has 0 bridgehead atoms. The van der Waals surface area contributed by atoms with Gasteiger partial charge in [0.05, 0.1) is 23.1 Å². The van der Waals surface area contributed by atoms with Gasteiger partial charge in [0.15, 0.2) is 17.7 Å². The smallest absolute Gasteiger partial charge is 0.279 e. The van der Waals surface area contributed by atoms with E-state index in [0.29, 0.717) is 22.0 Å². The van der Waals surface area contributed by atoms with Gasteiger partial charge in [-0.2, -0.15) is 5.10 Å². The molecule has 0 fully saturated rings. The molecule has 2 amide bonds. The number of nitrogens with one attached hydrogen (secondary N) is 2. The zero-order valence-electron chi connectivity index (χ0n) is 17.2. The second kappa shape index (κ2) is 9.61. The van der Waals surface area contributed by atoms with Gasteiger partial charge in [-0.1, -0.05) is 43.6 Å². The van der Waals surface area contributed by atoms with Gasteiger partial charge in [-0.05, 0) is 43.2 Å². The van der Waals surface area contributed by atoms with Gasteiger partial charge < -0.3 is 4.74 Å². The number of aromatic nitrogens is 2. The molecule has 0 saturated heterocycles. The van der Waals surface area contributed by atoms with Crippen molar-refractivity contribution in [2.45, 2.75) is 32.8 Å².